The maximum Gasteiger partial charge on any atom is 0.0761 e. The van der Waals surface area contributed by atoms with Gasteiger partial charge in [-0.3, -0.25) is 4.90 Å². The van der Waals surface area contributed by atoms with Crippen LogP contribution in [0.3, 0.4) is 0 Å². The first-order valence-electron chi connectivity index (χ1n) is 7.45. The van der Waals surface area contributed by atoms with Crippen molar-refractivity contribution in [2.75, 3.05) is 26.2 Å². The third-order valence-corrected chi connectivity index (χ3v) is 4.38. The molecule has 2 aliphatic heterocycles. The van der Waals surface area contributed by atoms with Crippen molar-refractivity contribution < 1.29 is 9.47 Å². The summed E-state index contributed by atoms with van der Waals surface area (Å²) in [6.07, 6.45) is 2.35. The molecule has 0 amide bonds. The fourth-order valence-corrected chi connectivity index (χ4v) is 3.87. The lowest BCUT2D eigenvalue weighted by Gasteiger charge is -2.56. The maximum absolute atomic E-state index is 6.18. The fraction of sp³-hybridized carbons (Fsp3) is 1.00. The average Bonchev–Trinajstić information content (AvgIpc) is 2.24. The summed E-state index contributed by atoms with van der Waals surface area (Å²) in [7, 11) is 0. The van der Waals surface area contributed by atoms with Crippen LogP contribution in [0.2, 0.25) is 0 Å². The topological polar surface area (TPSA) is 47.7 Å². The summed E-state index contributed by atoms with van der Waals surface area (Å²) in [5.74, 6) is 0. The molecule has 2 aliphatic rings. The molecule has 0 aromatic carbocycles. The summed E-state index contributed by atoms with van der Waals surface area (Å²) in [5.41, 5.74) is 6.01. The zero-order valence-electron chi connectivity index (χ0n) is 13.2. The van der Waals surface area contributed by atoms with Gasteiger partial charge in [-0.15, -0.1) is 0 Å². The van der Waals surface area contributed by atoms with E-state index in [1.165, 1.54) is 0 Å². The number of nitrogens with two attached hydrogens (primary N) is 1. The average molecular weight is 270 g/mol. The highest BCUT2D eigenvalue weighted by atomic mass is 16.5. The van der Waals surface area contributed by atoms with Crippen LogP contribution in [-0.4, -0.2) is 54.0 Å². The Bertz CT molecular complexity index is 314. The summed E-state index contributed by atoms with van der Waals surface area (Å²) in [4.78, 5) is 2.56. The van der Waals surface area contributed by atoms with E-state index in [9.17, 15) is 0 Å². The van der Waals surface area contributed by atoms with E-state index < -0.39 is 0 Å². The van der Waals surface area contributed by atoms with Crippen molar-refractivity contribution in [3.63, 3.8) is 0 Å². The van der Waals surface area contributed by atoms with Crippen LogP contribution in [0.5, 0.6) is 0 Å². The molecular formula is C15H30N2O2. The predicted octanol–water partition coefficient (Wildman–Crippen LogP) is 1.77. The minimum atomic E-state index is -0.120. The molecule has 2 rings (SSSR count). The van der Waals surface area contributed by atoms with E-state index in [0.29, 0.717) is 12.6 Å². The molecular weight excluding hydrogens is 240 g/mol. The Morgan fingerprint density at radius 2 is 1.74 bits per heavy atom. The maximum atomic E-state index is 6.18. The first kappa shape index (κ1) is 15.2. The number of ether oxygens (including phenoxy) is 2. The van der Waals surface area contributed by atoms with Crippen molar-refractivity contribution in [1.82, 2.24) is 4.90 Å². The molecule has 4 heteroatoms. The van der Waals surface area contributed by atoms with Gasteiger partial charge in [0.2, 0.25) is 0 Å². The lowest BCUT2D eigenvalue weighted by Crippen LogP contribution is -2.67. The molecule has 2 atom stereocenters. The quantitative estimate of drug-likeness (QED) is 0.831. The minimum Gasteiger partial charge on any atom is -0.378 e. The molecule has 0 aromatic rings. The van der Waals surface area contributed by atoms with Crippen LogP contribution in [0.4, 0.5) is 0 Å². The van der Waals surface area contributed by atoms with Crippen LogP contribution in [-0.2, 0) is 9.47 Å². The zero-order valence-corrected chi connectivity index (χ0v) is 13.2. The molecule has 2 heterocycles. The third kappa shape index (κ3) is 3.30. The van der Waals surface area contributed by atoms with Gasteiger partial charge in [0.1, 0.15) is 0 Å². The van der Waals surface area contributed by atoms with Crippen molar-refractivity contribution in [2.45, 2.75) is 70.3 Å². The van der Waals surface area contributed by atoms with E-state index in [2.05, 4.69) is 39.5 Å². The zero-order chi connectivity index (χ0) is 14.3. The summed E-state index contributed by atoms with van der Waals surface area (Å²) < 4.78 is 11.9. The molecule has 0 saturated carbocycles. The molecule has 0 bridgehead atoms. The second-order valence-electron chi connectivity index (χ2n) is 7.54. The van der Waals surface area contributed by atoms with E-state index >= 15 is 0 Å². The Morgan fingerprint density at radius 1 is 1.16 bits per heavy atom. The molecule has 2 saturated heterocycles. The Morgan fingerprint density at radius 3 is 2.21 bits per heavy atom. The van der Waals surface area contributed by atoms with Gasteiger partial charge in [0.15, 0.2) is 0 Å². The fourth-order valence-electron chi connectivity index (χ4n) is 3.87. The Kier molecular flexibility index (Phi) is 4.00. The predicted molar refractivity (Wildman–Crippen MR) is 77.2 cm³/mol. The van der Waals surface area contributed by atoms with Crippen LogP contribution in [0, 0.1) is 0 Å². The van der Waals surface area contributed by atoms with Gasteiger partial charge in [0.05, 0.1) is 17.3 Å². The standard InChI is InChI=1S/C15H30N2O2/c1-12-8-15(9-16,6-7-18-12)17-10-13(2,3)19-14(4,5)11-17/h12H,6-11,16H2,1-5H3. The molecule has 19 heavy (non-hydrogen) atoms. The van der Waals surface area contributed by atoms with E-state index in [4.69, 9.17) is 15.2 Å². The smallest absolute Gasteiger partial charge is 0.0761 e. The van der Waals surface area contributed by atoms with Gasteiger partial charge in [-0.05, 0) is 47.5 Å². The largest absolute Gasteiger partial charge is 0.378 e. The normalized spacial score (nSPS) is 39.2. The van der Waals surface area contributed by atoms with Crippen molar-refractivity contribution in [1.29, 1.82) is 0 Å². The van der Waals surface area contributed by atoms with Crippen molar-refractivity contribution in [3.8, 4) is 0 Å². The highest BCUT2D eigenvalue weighted by Crippen LogP contribution is 2.37. The first-order valence-corrected chi connectivity index (χ1v) is 7.45. The highest BCUT2D eigenvalue weighted by Gasteiger charge is 2.47. The van der Waals surface area contributed by atoms with Gasteiger partial charge in [-0.1, -0.05) is 0 Å². The lowest BCUT2D eigenvalue weighted by atomic mass is 9.82. The molecule has 2 unspecified atom stereocenters. The van der Waals surface area contributed by atoms with Crippen LogP contribution in [0.25, 0.3) is 0 Å². The second-order valence-corrected chi connectivity index (χ2v) is 7.54. The molecule has 0 radical (unpaired) electrons. The van der Waals surface area contributed by atoms with Gasteiger partial charge in [0, 0.05) is 31.8 Å². The summed E-state index contributed by atoms with van der Waals surface area (Å²) in [6.45, 7) is 14.3. The van der Waals surface area contributed by atoms with Gasteiger partial charge >= 0.3 is 0 Å². The van der Waals surface area contributed by atoms with Gasteiger partial charge < -0.3 is 15.2 Å². The molecule has 0 aliphatic carbocycles. The van der Waals surface area contributed by atoms with E-state index in [1.807, 2.05) is 0 Å². The van der Waals surface area contributed by atoms with Gasteiger partial charge in [0.25, 0.3) is 0 Å². The Balaban J connectivity index is 2.22. The third-order valence-electron chi connectivity index (χ3n) is 4.38. The van der Waals surface area contributed by atoms with Crippen molar-refractivity contribution >= 4 is 0 Å². The summed E-state index contributed by atoms with van der Waals surface area (Å²) >= 11 is 0. The van der Waals surface area contributed by atoms with Crippen molar-refractivity contribution in [3.05, 3.63) is 0 Å². The Labute approximate surface area is 117 Å². The molecule has 0 spiro atoms. The van der Waals surface area contributed by atoms with Gasteiger partial charge in [-0.25, -0.2) is 0 Å². The van der Waals surface area contributed by atoms with E-state index in [0.717, 1.165) is 32.5 Å². The first-order chi connectivity index (χ1) is 8.68. The van der Waals surface area contributed by atoms with Crippen molar-refractivity contribution in [2.24, 2.45) is 5.73 Å². The lowest BCUT2D eigenvalue weighted by molar-refractivity contribution is -0.209. The molecule has 2 fully saturated rings. The Hall–Kier alpha value is -0.160. The highest BCUT2D eigenvalue weighted by molar-refractivity contribution is 5.02. The van der Waals surface area contributed by atoms with E-state index in [1.54, 1.807) is 0 Å². The number of hydrogen-bond donors (Lipinski definition) is 1. The second kappa shape index (κ2) is 4.99. The van der Waals surface area contributed by atoms with Crippen LogP contribution in [0.1, 0.15) is 47.5 Å². The summed E-state index contributed by atoms with van der Waals surface area (Å²) in [6, 6.07) is 0. The number of nitrogens with zero attached hydrogens (tertiary/aromatic N) is 1. The monoisotopic (exact) mass is 270 g/mol. The van der Waals surface area contributed by atoms with E-state index in [-0.39, 0.29) is 16.7 Å². The van der Waals surface area contributed by atoms with Crippen LogP contribution < -0.4 is 5.73 Å². The van der Waals surface area contributed by atoms with Crippen LogP contribution >= 0.6 is 0 Å². The SMILES string of the molecule is CC1CC(CN)(N2CC(C)(C)OC(C)(C)C2)CCO1. The minimum absolute atomic E-state index is 0.0794. The van der Waals surface area contributed by atoms with Crippen LogP contribution in [0.15, 0.2) is 0 Å². The molecule has 112 valence electrons. The molecule has 2 N–H and O–H groups in total. The molecule has 4 nitrogen and oxygen atoms in total. The summed E-state index contributed by atoms with van der Waals surface area (Å²) in [5, 5.41) is 0. The van der Waals surface area contributed by atoms with Gasteiger partial charge in [-0.2, -0.15) is 0 Å². The molecule has 0 aromatic heterocycles. The number of morpholine rings is 1. The number of rotatable bonds is 2. The number of hydrogen-bond acceptors (Lipinski definition) is 4.